The number of hydrogen-bond donors (Lipinski definition) is 0. The summed E-state index contributed by atoms with van der Waals surface area (Å²) in [4.78, 5) is 0. The Morgan fingerprint density at radius 2 is 0.886 bits per heavy atom. The van der Waals surface area contributed by atoms with Gasteiger partial charge in [0.2, 0.25) is 0 Å². The fourth-order valence-corrected chi connectivity index (χ4v) is 4.28. The fraction of sp³-hybridized carbons (Fsp3) is 0. The number of halogens is 9. The molecule has 0 aliphatic heterocycles. The third-order valence-corrected chi connectivity index (χ3v) is 5.70. The molecule has 0 fully saturated rings. The summed E-state index contributed by atoms with van der Waals surface area (Å²) >= 11 is 0. The Balaban J connectivity index is 2.17. The Morgan fingerprint density at radius 1 is 0.400 bits per heavy atom. The zero-order valence-corrected chi connectivity index (χ0v) is 17.1. The van der Waals surface area contributed by atoms with Gasteiger partial charge < -0.3 is 0 Å². The van der Waals surface area contributed by atoms with Gasteiger partial charge in [-0.1, -0.05) is 12.1 Å². The Hall–Kier alpha value is -4.01. The molecule has 0 radical (unpaired) electrons. The van der Waals surface area contributed by atoms with Crippen LogP contribution in [0.2, 0.25) is 0 Å². The standard InChI is InChI=1S/C26H9F9/c27-10-4-6-12(16(30)8-10)18-14-2-1-3-15(29)19(14)20(13-7-5-11(28)9-17(13)31)22-21(18)23(32)25(34)26(35)24(22)33/h1-9H. The van der Waals surface area contributed by atoms with Crippen LogP contribution in [0.1, 0.15) is 0 Å². The molecule has 5 aromatic carbocycles. The zero-order valence-electron chi connectivity index (χ0n) is 17.1. The van der Waals surface area contributed by atoms with Gasteiger partial charge in [0, 0.05) is 50.5 Å². The summed E-state index contributed by atoms with van der Waals surface area (Å²) in [6, 6.07) is 7.08. The van der Waals surface area contributed by atoms with Crippen LogP contribution in [0.15, 0.2) is 54.6 Å². The van der Waals surface area contributed by atoms with Crippen LogP contribution < -0.4 is 0 Å². The summed E-state index contributed by atoms with van der Waals surface area (Å²) in [5.74, 6) is -14.3. The largest absolute Gasteiger partial charge is 0.207 e. The van der Waals surface area contributed by atoms with E-state index in [1.54, 1.807) is 0 Å². The first kappa shape index (κ1) is 22.8. The number of fused-ring (bicyclic) bond motifs is 2. The van der Waals surface area contributed by atoms with Gasteiger partial charge >= 0.3 is 0 Å². The minimum absolute atomic E-state index is 0.342. The van der Waals surface area contributed by atoms with Crippen LogP contribution in [0.3, 0.4) is 0 Å². The van der Waals surface area contributed by atoms with Gasteiger partial charge in [0.05, 0.1) is 0 Å². The lowest BCUT2D eigenvalue weighted by Gasteiger charge is -2.20. The average molecular weight is 492 g/mol. The van der Waals surface area contributed by atoms with E-state index in [9.17, 15) is 26.3 Å². The van der Waals surface area contributed by atoms with E-state index in [1.807, 2.05) is 0 Å². The number of benzene rings is 5. The maximum atomic E-state index is 15.3. The minimum atomic E-state index is -2.28. The molecule has 5 rings (SSSR count). The molecule has 0 saturated carbocycles. The fourth-order valence-electron chi connectivity index (χ4n) is 4.28. The third-order valence-electron chi connectivity index (χ3n) is 5.70. The molecule has 5 aromatic rings. The quantitative estimate of drug-likeness (QED) is 0.100. The summed E-state index contributed by atoms with van der Waals surface area (Å²) in [6.45, 7) is 0. The highest BCUT2D eigenvalue weighted by molar-refractivity contribution is 6.22. The zero-order chi connectivity index (χ0) is 25.2. The van der Waals surface area contributed by atoms with Crippen LogP contribution in [-0.2, 0) is 0 Å². The van der Waals surface area contributed by atoms with Crippen LogP contribution in [0.5, 0.6) is 0 Å². The van der Waals surface area contributed by atoms with E-state index in [-0.39, 0.29) is 5.39 Å². The Labute approximate surface area is 190 Å². The van der Waals surface area contributed by atoms with Crippen molar-refractivity contribution in [2.75, 3.05) is 0 Å². The molecule has 35 heavy (non-hydrogen) atoms. The predicted octanol–water partition coefficient (Wildman–Crippen LogP) is 8.58. The Morgan fingerprint density at radius 3 is 1.40 bits per heavy atom. The van der Waals surface area contributed by atoms with Crippen molar-refractivity contribution >= 4 is 21.5 Å². The first-order valence-corrected chi connectivity index (χ1v) is 9.92. The van der Waals surface area contributed by atoms with E-state index in [0.29, 0.717) is 12.1 Å². The highest BCUT2D eigenvalue weighted by Crippen LogP contribution is 2.48. The second-order valence-corrected chi connectivity index (χ2v) is 7.67. The normalized spacial score (nSPS) is 11.6. The maximum absolute atomic E-state index is 15.3. The maximum Gasteiger partial charge on any atom is 0.198 e. The second kappa shape index (κ2) is 8.04. The topological polar surface area (TPSA) is 0 Å². The molecule has 0 unspecified atom stereocenters. The molecule has 0 bridgehead atoms. The monoisotopic (exact) mass is 492 g/mol. The van der Waals surface area contributed by atoms with Crippen molar-refractivity contribution in [1.29, 1.82) is 0 Å². The van der Waals surface area contributed by atoms with Gasteiger partial charge in [-0.3, -0.25) is 0 Å². The van der Waals surface area contributed by atoms with Gasteiger partial charge in [0.1, 0.15) is 29.1 Å². The van der Waals surface area contributed by atoms with Crippen molar-refractivity contribution in [3.63, 3.8) is 0 Å². The van der Waals surface area contributed by atoms with Gasteiger partial charge in [0.15, 0.2) is 23.3 Å². The molecular formula is C26H9F9. The van der Waals surface area contributed by atoms with Crippen molar-refractivity contribution in [2.45, 2.75) is 0 Å². The molecular weight excluding hydrogens is 483 g/mol. The molecule has 0 heterocycles. The van der Waals surface area contributed by atoms with Gasteiger partial charge in [-0.15, -0.1) is 0 Å². The molecule has 0 spiro atoms. The molecule has 0 nitrogen and oxygen atoms in total. The Kier molecular flexibility index (Phi) is 5.23. The van der Waals surface area contributed by atoms with E-state index in [2.05, 4.69) is 0 Å². The predicted molar refractivity (Wildman–Crippen MR) is 112 cm³/mol. The molecule has 9 heteroatoms. The van der Waals surface area contributed by atoms with Crippen LogP contribution in [0.4, 0.5) is 39.5 Å². The van der Waals surface area contributed by atoms with Crippen LogP contribution in [0.25, 0.3) is 43.8 Å². The summed E-state index contributed by atoms with van der Waals surface area (Å²) in [5, 5.41) is -3.09. The van der Waals surface area contributed by atoms with E-state index in [4.69, 9.17) is 0 Å². The van der Waals surface area contributed by atoms with Crippen molar-refractivity contribution in [3.05, 3.63) is 107 Å². The van der Waals surface area contributed by atoms with E-state index < -0.39 is 90.8 Å². The smallest absolute Gasteiger partial charge is 0.198 e. The lowest BCUT2D eigenvalue weighted by atomic mass is 9.84. The van der Waals surface area contributed by atoms with Crippen molar-refractivity contribution in [3.8, 4) is 22.3 Å². The van der Waals surface area contributed by atoms with E-state index >= 15 is 13.2 Å². The number of hydrogen-bond acceptors (Lipinski definition) is 0. The van der Waals surface area contributed by atoms with Crippen molar-refractivity contribution in [1.82, 2.24) is 0 Å². The Bertz CT molecular complexity index is 1690. The molecule has 0 saturated heterocycles. The molecule has 0 aliphatic rings. The summed E-state index contributed by atoms with van der Waals surface area (Å²) < 4.78 is 131. The highest BCUT2D eigenvalue weighted by atomic mass is 19.2. The third kappa shape index (κ3) is 3.33. The summed E-state index contributed by atoms with van der Waals surface area (Å²) in [5.41, 5.74) is -2.59. The highest BCUT2D eigenvalue weighted by Gasteiger charge is 2.30. The first-order chi connectivity index (χ1) is 16.6. The van der Waals surface area contributed by atoms with E-state index in [0.717, 1.165) is 42.5 Å². The number of rotatable bonds is 2. The van der Waals surface area contributed by atoms with Gasteiger partial charge in [-0.05, 0) is 35.7 Å². The molecule has 0 atom stereocenters. The second-order valence-electron chi connectivity index (χ2n) is 7.67. The lowest BCUT2D eigenvalue weighted by molar-refractivity contribution is 0.418. The minimum Gasteiger partial charge on any atom is -0.207 e. The van der Waals surface area contributed by atoms with Crippen LogP contribution in [0, 0.1) is 52.4 Å². The van der Waals surface area contributed by atoms with Crippen molar-refractivity contribution in [2.24, 2.45) is 0 Å². The van der Waals surface area contributed by atoms with Gasteiger partial charge in [0.25, 0.3) is 0 Å². The molecule has 176 valence electrons. The molecule has 0 amide bonds. The molecule has 0 aliphatic carbocycles. The SMILES string of the molecule is Fc1ccc(-c2c3cccc(F)c3c(-c3ccc(F)cc3F)c3c(F)c(F)c(F)c(F)c23)c(F)c1. The average Bonchev–Trinajstić information content (AvgIpc) is 2.81. The molecule has 0 N–H and O–H groups in total. The summed E-state index contributed by atoms with van der Waals surface area (Å²) in [6.07, 6.45) is 0. The van der Waals surface area contributed by atoms with Crippen LogP contribution >= 0.6 is 0 Å². The first-order valence-electron chi connectivity index (χ1n) is 9.92. The van der Waals surface area contributed by atoms with Crippen molar-refractivity contribution < 1.29 is 39.5 Å². The van der Waals surface area contributed by atoms with Crippen LogP contribution in [-0.4, -0.2) is 0 Å². The lowest BCUT2D eigenvalue weighted by Crippen LogP contribution is -2.04. The van der Waals surface area contributed by atoms with E-state index in [1.165, 1.54) is 0 Å². The van der Waals surface area contributed by atoms with Gasteiger partial charge in [-0.2, -0.15) is 0 Å². The van der Waals surface area contributed by atoms with Gasteiger partial charge in [-0.25, -0.2) is 39.5 Å². The molecule has 0 aromatic heterocycles. The summed E-state index contributed by atoms with van der Waals surface area (Å²) in [7, 11) is 0.